The number of allylic oxidation sites excluding steroid dienone is 1. The molecular weight excluding hydrogens is 368 g/mol. The van der Waals surface area contributed by atoms with Crippen molar-refractivity contribution in [1.29, 1.82) is 0 Å². The molecule has 1 N–H and O–H groups in total. The van der Waals surface area contributed by atoms with Gasteiger partial charge >= 0.3 is 0 Å². The molecule has 1 fully saturated rings. The van der Waals surface area contributed by atoms with Crippen molar-refractivity contribution in [2.24, 2.45) is 0 Å². The maximum Gasteiger partial charge on any atom is 0.295 e. The van der Waals surface area contributed by atoms with Gasteiger partial charge in [0.05, 0.1) is 11.8 Å². The zero-order valence-electron chi connectivity index (χ0n) is 14.4. The standard InChI is InChI=1S/C19H17ClN4O3/c1-2-7-24-16(13-5-3-4-6-14(13)20)11-22-10-15(21-17(22)19(24)27)18(26)23-8-12(25)9-23/h2-6,10-12,25H,1,7-9H2. The van der Waals surface area contributed by atoms with E-state index in [1.54, 1.807) is 22.7 Å². The molecule has 3 aromatic rings. The van der Waals surface area contributed by atoms with Crippen LogP contribution in [0.1, 0.15) is 10.5 Å². The predicted octanol–water partition coefficient (Wildman–Crippen LogP) is 1.82. The van der Waals surface area contributed by atoms with E-state index in [1.165, 1.54) is 15.7 Å². The van der Waals surface area contributed by atoms with E-state index in [0.717, 1.165) is 0 Å². The quantitative estimate of drug-likeness (QED) is 0.696. The Labute approximate surface area is 159 Å². The Hall–Kier alpha value is -2.90. The maximum atomic E-state index is 13.0. The summed E-state index contributed by atoms with van der Waals surface area (Å²) in [5.41, 5.74) is 1.29. The normalized spacial score (nSPS) is 14.4. The lowest BCUT2D eigenvalue weighted by atomic mass is 10.1. The smallest absolute Gasteiger partial charge is 0.295 e. The first-order valence-electron chi connectivity index (χ1n) is 8.45. The van der Waals surface area contributed by atoms with Crippen molar-refractivity contribution in [2.45, 2.75) is 12.6 Å². The van der Waals surface area contributed by atoms with Gasteiger partial charge in [-0.05, 0) is 6.07 Å². The van der Waals surface area contributed by atoms with Crippen molar-refractivity contribution < 1.29 is 9.90 Å². The molecule has 7 nitrogen and oxygen atoms in total. The Kier molecular flexibility index (Phi) is 4.33. The molecule has 1 saturated heterocycles. The van der Waals surface area contributed by atoms with Gasteiger partial charge in [0.25, 0.3) is 11.5 Å². The molecule has 0 unspecified atom stereocenters. The van der Waals surface area contributed by atoms with Gasteiger partial charge in [0.1, 0.15) is 5.69 Å². The van der Waals surface area contributed by atoms with Crippen LogP contribution < -0.4 is 5.56 Å². The molecular formula is C19H17ClN4O3. The number of hydrogen-bond acceptors (Lipinski definition) is 4. The van der Waals surface area contributed by atoms with Crippen LogP contribution in [0.2, 0.25) is 5.02 Å². The highest BCUT2D eigenvalue weighted by molar-refractivity contribution is 6.33. The summed E-state index contributed by atoms with van der Waals surface area (Å²) < 4.78 is 3.07. The third-order valence-corrected chi connectivity index (χ3v) is 4.88. The largest absolute Gasteiger partial charge is 0.389 e. The number of rotatable bonds is 4. The number of aliphatic hydroxyl groups is 1. The Balaban J connectivity index is 1.88. The van der Waals surface area contributed by atoms with Gasteiger partial charge in [0, 0.05) is 42.6 Å². The van der Waals surface area contributed by atoms with Crippen molar-refractivity contribution in [3.8, 4) is 11.3 Å². The second kappa shape index (κ2) is 6.68. The molecule has 0 bridgehead atoms. The first-order chi connectivity index (χ1) is 13.0. The number of aliphatic hydroxyl groups excluding tert-OH is 1. The predicted molar refractivity (Wildman–Crippen MR) is 102 cm³/mol. The highest BCUT2D eigenvalue weighted by atomic mass is 35.5. The first kappa shape index (κ1) is 17.5. The van der Waals surface area contributed by atoms with Gasteiger partial charge in [-0.1, -0.05) is 35.9 Å². The Morgan fingerprint density at radius 3 is 2.74 bits per heavy atom. The van der Waals surface area contributed by atoms with Crippen LogP contribution in [0.15, 0.2) is 54.1 Å². The topological polar surface area (TPSA) is 79.8 Å². The van der Waals surface area contributed by atoms with Crippen LogP contribution in [0.3, 0.4) is 0 Å². The van der Waals surface area contributed by atoms with Gasteiger partial charge in [0.2, 0.25) is 5.65 Å². The summed E-state index contributed by atoms with van der Waals surface area (Å²) in [6, 6.07) is 7.23. The van der Waals surface area contributed by atoms with Gasteiger partial charge < -0.3 is 10.0 Å². The van der Waals surface area contributed by atoms with Crippen molar-refractivity contribution in [2.75, 3.05) is 13.1 Å². The van der Waals surface area contributed by atoms with E-state index in [2.05, 4.69) is 11.6 Å². The van der Waals surface area contributed by atoms with Gasteiger partial charge in [-0.15, -0.1) is 6.58 Å². The van der Waals surface area contributed by atoms with Crippen molar-refractivity contribution in [3.63, 3.8) is 0 Å². The molecule has 1 aromatic carbocycles. The van der Waals surface area contributed by atoms with E-state index in [9.17, 15) is 14.7 Å². The second-order valence-electron chi connectivity index (χ2n) is 6.42. The summed E-state index contributed by atoms with van der Waals surface area (Å²) in [6.45, 7) is 4.55. The number of β-amino-alcohol motifs (C(OH)–C–C–N with tert-alkyl or cyclic N) is 1. The minimum absolute atomic E-state index is 0.150. The number of likely N-dealkylation sites (tertiary alicyclic amines) is 1. The number of amides is 1. The number of carbonyl (C=O) groups excluding carboxylic acids is 1. The molecule has 2 aromatic heterocycles. The molecule has 0 aliphatic carbocycles. The summed E-state index contributed by atoms with van der Waals surface area (Å²) in [5, 5.41) is 9.90. The van der Waals surface area contributed by atoms with E-state index >= 15 is 0 Å². The molecule has 0 atom stereocenters. The molecule has 3 heterocycles. The fourth-order valence-electron chi connectivity index (χ4n) is 3.16. The zero-order valence-corrected chi connectivity index (χ0v) is 15.1. The summed E-state index contributed by atoms with van der Waals surface area (Å²) in [7, 11) is 0. The lowest BCUT2D eigenvalue weighted by molar-refractivity contribution is 0.00555. The second-order valence-corrected chi connectivity index (χ2v) is 6.83. The lowest BCUT2D eigenvalue weighted by Crippen LogP contribution is -2.53. The van der Waals surface area contributed by atoms with E-state index in [-0.39, 0.29) is 42.4 Å². The molecule has 8 heteroatoms. The first-order valence-corrected chi connectivity index (χ1v) is 8.83. The minimum Gasteiger partial charge on any atom is -0.389 e. The van der Waals surface area contributed by atoms with Gasteiger partial charge in [-0.25, -0.2) is 4.98 Å². The zero-order chi connectivity index (χ0) is 19.1. The summed E-state index contributed by atoms with van der Waals surface area (Å²) in [5.74, 6) is -0.307. The Bertz CT molecular complexity index is 1110. The Morgan fingerprint density at radius 2 is 2.07 bits per heavy atom. The number of halogens is 1. The third kappa shape index (κ3) is 2.94. The van der Waals surface area contributed by atoms with Crippen LogP contribution in [0, 0.1) is 0 Å². The summed E-state index contributed by atoms with van der Waals surface area (Å²) >= 11 is 6.32. The van der Waals surface area contributed by atoms with Crippen LogP contribution >= 0.6 is 11.6 Å². The highest BCUT2D eigenvalue weighted by Crippen LogP contribution is 2.27. The Morgan fingerprint density at radius 1 is 1.33 bits per heavy atom. The molecule has 4 rings (SSSR count). The van der Waals surface area contributed by atoms with E-state index in [1.807, 2.05) is 18.2 Å². The molecule has 1 aliphatic rings. The summed E-state index contributed by atoms with van der Waals surface area (Å²) in [4.78, 5) is 31.2. The number of carbonyl (C=O) groups is 1. The van der Waals surface area contributed by atoms with E-state index in [0.29, 0.717) is 16.3 Å². The van der Waals surface area contributed by atoms with Crippen LogP contribution in [0.25, 0.3) is 16.9 Å². The number of aromatic nitrogens is 3. The van der Waals surface area contributed by atoms with Crippen molar-refractivity contribution in [1.82, 2.24) is 18.9 Å². The molecule has 0 spiro atoms. The molecule has 0 saturated carbocycles. The SMILES string of the molecule is C=CCn1c(-c2ccccc2Cl)cn2cc(C(=O)N3CC(O)C3)nc2c1=O. The van der Waals surface area contributed by atoms with Gasteiger partial charge in [-0.3, -0.25) is 18.6 Å². The number of imidazole rings is 1. The van der Waals surface area contributed by atoms with Crippen molar-refractivity contribution >= 4 is 23.2 Å². The lowest BCUT2D eigenvalue weighted by Gasteiger charge is -2.35. The number of fused-ring (bicyclic) bond motifs is 1. The molecule has 1 amide bonds. The average Bonchev–Trinajstić information content (AvgIpc) is 3.06. The van der Waals surface area contributed by atoms with Crippen LogP contribution in [0.5, 0.6) is 0 Å². The van der Waals surface area contributed by atoms with Gasteiger partial charge in [0.15, 0.2) is 0 Å². The molecule has 1 aliphatic heterocycles. The minimum atomic E-state index is -0.498. The maximum absolute atomic E-state index is 13.0. The fourth-order valence-corrected chi connectivity index (χ4v) is 3.39. The van der Waals surface area contributed by atoms with Crippen molar-refractivity contribution in [3.05, 3.63) is 70.4 Å². The fraction of sp³-hybridized carbons (Fsp3) is 0.211. The number of hydrogen-bond donors (Lipinski definition) is 1. The van der Waals surface area contributed by atoms with Crippen LogP contribution in [-0.4, -0.2) is 49.1 Å². The van der Waals surface area contributed by atoms with E-state index in [4.69, 9.17) is 11.6 Å². The summed E-state index contributed by atoms with van der Waals surface area (Å²) in [6.07, 6.45) is 4.38. The average molecular weight is 385 g/mol. The molecule has 0 radical (unpaired) electrons. The highest BCUT2D eigenvalue weighted by Gasteiger charge is 2.31. The molecule has 138 valence electrons. The van der Waals surface area contributed by atoms with Crippen LogP contribution in [-0.2, 0) is 6.54 Å². The number of benzene rings is 1. The van der Waals surface area contributed by atoms with Gasteiger partial charge in [-0.2, -0.15) is 0 Å². The monoisotopic (exact) mass is 384 g/mol. The molecule has 27 heavy (non-hydrogen) atoms. The van der Waals surface area contributed by atoms with E-state index < -0.39 is 6.10 Å². The third-order valence-electron chi connectivity index (χ3n) is 4.55. The van der Waals surface area contributed by atoms with Crippen LogP contribution in [0.4, 0.5) is 0 Å². The number of nitrogens with zero attached hydrogens (tertiary/aromatic N) is 4.